The lowest BCUT2D eigenvalue weighted by molar-refractivity contribution is 0.405. The molecular weight excluding hydrogens is 488 g/mol. The van der Waals surface area contributed by atoms with Gasteiger partial charge in [-0.1, -0.05) is 55.4 Å². The molecule has 0 saturated heterocycles. The minimum Gasteiger partial charge on any atom is -0.139 e. The van der Waals surface area contributed by atoms with Crippen molar-refractivity contribution in [2.45, 2.75) is 90.9 Å². The Hall–Kier alpha value is -0.420. The first kappa shape index (κ1) is 22.8. The first-order valence-corrected chi connectivity index (χ1v) is 14.2. The van der Waals surface area contributed by atoms with Gasteiger partial charge in [-0.2, -0.15) is 0 Å². The molecule has 1 aliphatic rings. The molecule has 3 heterocycles. The molecule has 0 aliphatic heterocycles. The van der Waals surface area contributed by atoms with Crippen LogP contribution in [0.1, 0.15) is 89.1 Å². The quantitative estimate of drug-likeness (QED) is 0.313. The Kier molecular flexibility index (Phi) is 5.75. The SMILES string of the molecule is CCc1cc(-c2sc(-c3cc4c(s3)C(C)(C)CC4(C)C)cc2Br)sc1C(C)(C)CC. The summed E-state index contributed by atoms with van der Waals surface area (Å²) < 4.78 is 1.24. The third-order valence-electron chi connectivity index (χ3n) is 6.80. The van der Waals surface area contributed by atoms with Crippen molar-refractivity contribution < 1.29 is 0 Å². The van der Waals surface area contributed by atoms with Gasteiger partial charge in [0, 0.05) is 34.3 Å². The maximum absolute atomic E-state index is 3.90. The average Bonchev–Trinajstić information content (AvgIpc) is 3.38. The van der Waals surface area contributed by atoms with Crippen LogP contribution in [0.4, 0.5) is 0 Å². The van der Waals surface area contributed by atoms with E-state index in [9.17, 15) is 0 Å². The van der Waals surface area contributed by atoms with Gasteiger partial charge in [0.25, 0.3) is 0 Å². The van der Waals surface area contributed by atoms with E-state index in [1.807, 2.05) is 34.0 Å². The van der Waals surface area contributed by atoms with E-state index in [0.717, 1.165) is 6.42 Å². The molecule has 0 N–H and O–H groups in total. The number of thiophene rings is 3. The zero-order valence-corrected chi connectivity index (χ0v) is 23.5. The average molecular weight is 522 g/mol. The second-order valence-electron chi connectivity index (χ2n) is 10.6. The van der Waals surface area contributed by atoms with E-state index in [1.165, 1.54) is 42.4 Å². The van der Waals surface area contributed by atoms with Crippen molar-refractivity contribution in [2.75, 3.05) is 0 Å². The van der Waals surface area contributed by atoms with Crippen LogP contribution >= 0.6 is 49.9 Å². The molecule has 0 radical (unpaired) electrons. The second kappa shape index (κ2) is 7.57. The molecule has 0 unspecified atom stereocenters. The fourth-order valence-corrected chi connectivity index (χ4v) is 10.1. The van der Waals surface area contributed by atoms with Crippen molar-refractivity contribution in [3.63, 3.8) is 0 Å². The lowest BCUT2D eigenvalue weighted by atomic mass is 9.82. The molecule has 0 atom stereocenters. The van der Waals surface area contributed by atoms with Crippen LogP contribution in [-0.4, -0.2) is 0 Å². The molecule has 0 nitrogen and oxygen atoms in total. The van der Waals surface area contributed by atoms with Gasteiger partial charge in [-0.3, -0.25) is 0 Å². The van der Waals surface area contributed by atoms with Crippen molar-refractivity contribution in [2.24, 2.45) is 0 Å². The van der Waals surface area contributed by atoms with Crippen LogP contribution in [0.5, 0.6) is 0 Å². The molecule has 0 spiro atoms. The second-order valence-corrected chi connectivity index (χ2v) is 14.7. The van der Waals surface area contributed by atoms with Crippen molar-refractivity contribution in [1.82, 2.24) is 0 Å². The van der Waals surface area contributed by atoms with Gasteiger partial charge in [0.05, 0.1) is 4.88 Å². The number of hydrogen-bond acceptors (Lipinski definition) is 3. The third-order valence-corrected chi connectivity index (χ3v) is 12.2. The predicted octanol–water partition coefficient (Wildman–Crippen LogP) is 10.2. The van der Waals surface area contributed by atoms with Gasteiger partial charge in [-0.15, -0.1) is 34.0 Å². The fraction of sp³-hybridized carbons (Fsp3) is 0.538. The molecule has 3 aromatic rings. The fourth-order valence-electron chi connectivity index (χ4n) is 4.99. The summed E-state index contributed by atoms with van der Waals surface area (Å²) in [4.78, 5) is 8.77. The van der Waals surface area contributed by atoms with Crippen LogP contribution in [0.15, 0.2) is 22.7 Å². The van der Waals surface area contributed by atoms with Crippen LogP contribution in [0.2, 0.25) is 0 Å². The van der Waals surface area contributed by atoms with Gasteiger partial charge >= 0.3 is 0 Å². The molecule has 4 heteroatoms. The molecule has 0 aromatic carbocycles. The number of hydrogen-bond donors (Lipinski definition) is 0. The van der Waals surface area contributed by atoms with E-state index in [1.54, 1.807) is 15.3 Å². The van der Waals surface area contributed by atoms with Crippen LogP contribution in [0.25, 0.3) is 19.5 Å². The molecule has 1 aliphatic carbocycles. The van der Waals surface area contributed by atoms with Crippen LogP contribution in [-0.2, 0) is 22.7 Å². The van der Waals surface area contributed by atoms with Crippen molar-refractivity contribution in [3.8, 4) is 19.5 Å². The summed E-state index contributed by atoms with van der Waals surface area (Å²) in [6, 6.07) is 7.27. The molecule has 0 saturated carbocycles. The van der Waals surface area contributed by atoms with Gasteiger partial charge in [-0.25, -0.2) is 0 Å². The molecule has 0 amide bonds. The number of rotatable bonds is 5. The molecule has 0 fully saturated rings. The Bertz CT molecular complexity index is 1060. The third kappa shape index (κ3) is 3.70. The summed E-state index contributed by atoms with van der Waals surface area (Å²) in [5.74, 6) is 0. The van der Waals surface area contributed by atoms with Crippen molar-refractivity contribution >= 4 is 49.9 Å². The van der Waals surface area contributed by atoms with Gasteiger partial charge < -0.3 is 0 Å². The Balaban J connectivity index is 1.76. The molecule has 4 rings (SSSR count). The van der Waals surface area contributed by atoms with E-state index >= 15 is 0 Å². The molecular formula is C26H33BrS3. The molecule has 0 bridgehead atoms. The summed E-state index contributed by atoms with van der Waals surface area (Å²) >= 11 is 9.86. The maximum atomic E-state index is 3.90. The molecule has 3 aromatic heterocycles. The predicted molar refractivity (Wildman–Crippen MR) is 142 cm³/mol. The summed E-state index contributed by atoms with van der Waals surface area (Å²) in [5, 5.41) is 0. The maximum Gasteiger partial charge on any atom is 0.0591 e. The summed E-state index contributed by atoms with van der Waals surface area (Å²) in [5.41, 5.74) is 3.88. The van der Waals surface area contributed by atoms with Crippen molar-refractivity contribution in [1.29, 1.82) is 0 Å². The van der Waals surface area contributed by atoms with E-state index < -0.39 is 0 Å². The highest BCUT2D eigenvalue weighted by atomic mass is 79.9. The Morgan fingerprint density at radius 3 is 2.17 bits per heavy atom. The highest BCUT2D eigenvalue weighted by molar-refractivity contribution is 9.10. The minimum absolute atomic E-state index is 0.243. The number of fused-ring (bicyclic) bond motifs is 1. The zero-order valence-electron chi connectivity index (χ0n) is 19.5. The lowest BCUT2D eigenvalue weighted by Gasteiger charge is -2.23. The smallest absolute Gasteiger partial charge is 0.0591 e. The van der Waals surface area contributed by atoms with Gasteiger partial charge in [0.1, 0.15) is 0 Å². The topological polar surface area (TPSA) is 0 Å². The minimum atomic E-state index is 0.243. The first-order chi connectivity index (χ1) is 13.9. The van der Waals surface area contributed by atoms with Crippen LogP contribution < -0.4 is 0 Å². The summed E-state index contributed by atoms with van der Waals surface area (Å²) in [6.45, 7) is 19.0. The Morgan fingerprint density at radius 2 is 1.57 bits per heavy atom. The standard InChI is InChI=1S/C26H33BrS3/c1-9-15-11-20(30-22(15)24(3,4)10-2)21-17(27)13-19(28-21)18-12-16-23(29-18)26(7,8)14-25(16,5)6/h11-13H,9-10,14H2,1-8H3. The monoisotopic (exact) mass is 520 g/mol. The van der Waals surface area contributed by atoms with Gasteiger partial charge in [-0.05, 0) is 75.3 Å². The zero-order chi connectivity index (χ0) is 22.1. The summed E-state index contributed by atoms with van der Waals surface area (Å²) in [6.07, 6.45) is 3.52. The Morgan fingerprint density at radius 1 is 0.900 bits per heavy atom. The first-order valence-electron chi connectivity index (χ1n) is 11.0. The summed E-state index contributed by atoms with van der Waals surface area (Å²) in [7, 11) is 0. The highest BCUT2D eigenvalue weighted by Gasteiger charge is 2.43. The molecule has 162 valence electrons. The largest absolute Gasteiger partial charge is 0.139 e. The normalized spacial score (nSPS) is 17.5. The number of halogens is 1. The van der Waals surface area contributed by atoms with Gasteiger partial charge in [0.15, 0.2) is 0 Å². The van der Waals surface area contributed by atoms with Crippen LogP contribution in [0, 0.1) is 0 Å². The van der Waals surface area contributed by atoms with Crippen molar-refractivity contribution in [3.05, 3.63) is 43.6 Å². The van der Waals surface area contributed by atoms with E-state index in [-0.39, 0.29) is 16.2 Å². The van der Waals surface area contributed by atoms with E-state index in [2.05, 4.69) is 89.5 Å². The van der Waals surface area contributed by atoms with Gasteiger partial charge in [0.2, 0.25) is 0 Å². The van der Waals surface area contributed by atoms with E-state index in [4.69, 9.17) is 0 Å². The lowest BCUT2D eigenvalue weighted by Crippen LogP contribution is -2.18. The Labute approximate surface area is 202 Å². The molecule has 30 heavy (non-hydrogen) atoms. The van der Waals surface area contributed by atoms with Crippen LogP contribution in [0.3, 0.4) is 0 Å². The van der Waals surface area contributed by atoms with E-state index in [0.29, 0.717) is 0 Å². The number of aryl methyl sites for hydroxylation is 1. The highest BCUT2D eigenvalue weighted by Crippen LogP contribution is 2.56.